The SMILES string of the molecule is CC(C)(C)c1ccc(N(c2ccc(-c3c(-c4ccccc4)cc(-c4ccccc4)c4c5ccccc5c5ccccc5c34)cc2)c2ccc(C(C)(C)C)cc2)cc1. The topological polar surface area (TPSA) is 3.24 Å². The quantitative estimate of drug-likeness (QED) is 0.154. The molecule has 0 bridgehead atoms. The van der Waals surface area contributed by atoms with Crippen LogP contribution in [-0.4, -0.2) is 0 Å². The van der Waals surface area contributed by atoms with E-state index in [1.807, 2.05) is 0 Å². The van der Waals surface area contributed by atoms with Crippen LogP contribution in [-0.2, 0) is 10.8 Å². The van der Waals surface area contributed by atoms with E-state index >= 15 is 0 Å². The summed E-state index contributed by atoms with van der Waals surface area (Å²) >= 11 is 0. The molecular formula is C56H49N. The predicted octanol–water partition coefficient (Wildman–Crippen LogP) is 16.2. The van der Waals surface area contributed by atoms with E-state index in [0.29, 0.717) is 0 Å². The lowest BCUT2D eigenvalue weighted by atomic mass is 9.81. The van der Waals surface area contributed by atoms with Gasteiger partial charge in [0.1, 0.15) is 0 Å². The van der Waals surface area contributed by atoms with Crippen LogP contribution < -0.4 is 4.90 Å². The number of hydrogen-bond acceptors (Lipinski definition) is 1. The molecule has 0 aliphatic rings. The van der Waals surface area contributed by atoms with Crippen molar-refractivity contribution in [2.75, 3.05) is 4.90 Å². The molecule has 0 radical (unpaired) electrons. The summed E-state index contributed by atoms with van der Waals surface area (Å²) in [5.41, 5.74) is 13.5. The van der Waals surface area contributed by atoms with Gasteiger partial charge in [-0.15, -0.1) is 0 Å². The molecule has 9 rings (SSSR count). The normalized spacial score (nSPS) is 12.0. The summed E-state index contributed by atoms with van der Waals surface area (Å²) in [4.78, 5) is 2.39. The van der Waals surface area contributed by atoms with Gasteiger partial charge in [0.2, 0.25) is 0 Å². The van der Waals surface area contributed by atoms with Crippen molar-refractivity contribution in [3.05, 3.63) is 199 Å². The molecule has 278 valence electrons. The first-order chi connectivity index (χ1) is 27.6. The van der Waals surface area contributed by atoms with Gasteiger partial charge in [0, 0.05) is 17.1 Å². The third-order valence-electron chi connectivity index (χ3n) is 11.6. The molecule has 0 saturated carbocycles. The zero-order valence-corrected chi connectivity index (χ0v) is 33.8. The van der Waals surface area contributed by atoms with Gasteiger partial charge in [0.05, 0.1) is 0 Å². The standard InChI is InChI=1S/C56H49N/c1-55(2,3)41-27-33-44(34-28-41)57(45-35-29-42(30-36-45)56(4,5)6)43-31-25-40(26-32-43)52-50(38-17-9-7-10-18-38)37-51(39-19-11-8-12-20-39)53-48-23-15-13-21-46(48)47-22-14-16-24-49(47)54(52)53/h7-37H,1-6H3. The highest BCUT2D eigenvalue weighted by Crippen LogP contribution is 2.49. The summed E-state index contributed by atoms with van der Waals surface area (Å²) < 4.78 is 0. The van der Waals surface area contributed by atoms with Gasteiger partial charge in [0.25, 0.3) is 0 Å². The van der Waals surface area contributed by atoms with Crippen molar-refractivity contribution in [3.63, 3.8) is 0 Å². The second-order valence-corrected chi connectivity index (χ2v) is 17.4. The number of benzene rings is 9. The molecule has 1 heteroatoms. The molecule has 0 heterocycles. The van der Waals surface area contributed by atoms with Gasteiger partial charge in [-0.1, -0.05) is 187 Å². The fraction of sp³-hybridized carbons (Fsp3) is 0.143. The third kappa shape index (κ3) is 6.68. The Kier molecular flexibility index (Phi) is 9.05. The molecule has 0 amide bonds. The molecule has 9 aromatic carbocycles. The molecule has 0 aromatic heterocycles. The van der Waals surface area contributed by atoms with Crippen LogP contribution >= 0.6 is 0 Å². The smallest absolute Gasteiger partial charge is 0.0462 e. The molecule has 0 N–H and O–H groups in total. The van der Waals surface area contributed by atoms with Crippen LogP contribution in [0.4, 0.5) is 17.1 Å². The van der Waals surface area contributed by atoms with Crippen LogP contribution in [0, 0.1) is 0 Å². The summed E-state index contributed by atoms with van der Waals surface area (Å²) in [6.45, 7) is 13.6. The maximum absolute atomic E-state index is 2.44. The van der Waals surface area contributed by atoms with E-state index in [-0.39, 0.29) is 10.8 Å². The molecule has 0 fully saturated rings. The van der Waals surface area contributed by atoms with E-state index in [1.54, 1.807) is 0 Å². The second kappa shape index (κ2) is 14.3. The first-order valence-corrected chi connectivity index (χ1v) is 20.2. The molecule has 0 spiro atoms. The summed E-state index contributed by atoms with van der Waals surface area (Å²) in [5.74, 6) is 0. The average molecular weight is 736 g/mol. The minimum atomic E-state index is 0.0736. The summed E-state index contributed by atoms with van der Waals surface area (Å²) in [7, 11) is 0. The van der Waals surface area contributed by atoms with E-state index in [1.165, 1.54) is 76.8 Å². The Balaban J connectivity index is 1.31. The van der Waals surface area contributed by atoms with Crippen molar-refractivity contribution in [1.82, 2.24) is 0 Å². The first-order valence-electron chi connectivity index (χ1n) is 20.2. The number of fused-ring (bicyclic) bond motifs is 6. The van der Waals surface area contributed by atoms with Crippen LogP contribution in [0.1, 0.15) is 52.7 Å². The Labute approximate surface area is 337 Å². The van der Waals surface area contributed by atoms with Crippen molar-refractivity contribution in [2.45, 2.75) is 52.4 Å². The van der Waals surface area contributed by atoms with Gasteiger partial charge in [0.15, 0.2) is 0 Å². The molecule has 0 aliphatic carbocycles. The lowest BCUT2D eigenvalue weighted by Crippen LogP contribution is -2.14. The van der Waals surface area contributed by atoms with Gasteiger partial charge in [-0.3, -0.25) is 0 Å². The van der Waals surface area contributed by atoms with E-state index in [4.69, 9.17) is 0 Å². The molecular weight excluding hydrogens is 687 g/mol. The average Bonchev–Trinajstić information content (AvgIpc) is 3.24. The number of rotatable bonds is 6. The van der Waals surface area contributed by atoms with Crippen molar-refractivity contribution in [3.8, 4) is 33.4 Å². The summed E-state index contributed by atoms with van der Waals surface area (Å²) in [5, 5.41) is 7.65. The minimum absolute atomic E-state index is 0.0736. The van der Waals surface area contributed by atoms with Crippen molar-refractivity contribution in [2.24, 2.45) is 0 Å². The Morgan fingerprint density at radius 1 is 0.316 bits per heavy atom. The fourth-order valence-electron chi connectivity index (χ4n) is 8.54. The molecule has 57 heavy (non-hydrogen) atoms. The number of nitrogens with zero attached hydrogens (tertiary/aromatic N) is 1. The number of anilines is 3. The molecule has 0 aliphatic heterocycles. The third-order valence-corrected chi connectivity index (χ3v) is 11.6. The Hall–Kier alpha value is -6.44. The van der Waals surface area contributed by atoms with E-state index in [2.05, 4.69) is 234 Å². The van der Waals surface area contributed by atoms with Gasteiger partial charge in [-0.25, -0.2) is 0 Å². The van der Waals surface area contributed by atoms with Crippen LogP contribution in [0.3, 0.4) is 0 Å². The summed E-state index contributed by atoms with van der Waals surface area (Å²) in [6.07, 6.45) is 0. The van der Waals surface area contributed by atoms with E-state index in [9.17, 15) is 0 Å². The van der Waals surface area contributed by atoms with Gasteiger partial charge in [-0.2, -0.15) is 0 Å². The lowest BCUT2D eigenvalue weighted by Gasteiger charge is -2.28. The second-order valence-electron chi connectivity index (χ2n) is 17.4. The minimum Gasteiger partial charge on any atom is -0.311 e. The highest BCUT2D eigenvalue weighted by Gasteiger charge is 2.23. The summed E-state index contributed by atoms with van der Waals surface area (Å²) in [6, 6.07) is 69.6. The van der Waals surface area contributed by atoms with Crippen LogP contribution in [0.15, 0.2) is 188 Å². The van der Waals surface area contributed by atoms with Crippen molar-refractivity contribution < 1.29 is 0 Å². The van der Waals surface area contributed by atoms with Crippen LogP contribution in [0.5, 0.6) is 0 Å². The van der Waals surface area contributed by atoms with Gasteiger partial charge >= 0.3 is 0 Å². The molecule has 0 saturated heterocycles. The van der Waals surface area contributed by atoms with Crippen LogP contribution in [0.2, 0.25) is 0 Å². The molecule has 9 aromatic rings. The maximum Gasteiger partial charge on any atom is 0.0462 e. The monoisotopic (exact) mass is 735 g/mol. The Bertz CT molecular complexity index is 2800. The zero-order chi connectivity index (χ0) is 39.3. The van der Waals surface area contributed by atoms with Crippen molar-refractivity contribution in [1.29, 1.82) is 0 Å². The first kappa shape index (κ1) is 36.2. The fourth-order valence-corrected chi connectivity index (χ4v) is 8.54. The van der Waals surface area contributed by atoms with Gasteiger partial charge < -0.3 is 4.90 Å². The Morgan fingerprint density at radius 3 is 1.12 bits per heavy atom. The van der Waals surface area contributed by atoms with Crippen LogP contribution in [0.25, 0.3) is 65.7 Å². The predicted molar refractivity (Wildman–Crippen MR) is 247 cm³/mol. The highest BCUT2D eigenvalue weighted by atomic mass is 15.1. The Morgan fingerprint density at radius 2 is 0.684 bits per heavy atom. The lowest BCUT2D eigenvalue weighted by molar-refractivity contribution is 0.590. The maximum atomic E-state index is 2.44. The molecule has 0 unspecified atom stereocenters. The number of hydrogen-bond donors (Lipinski definition) is 0. The van der Waals surface area contributed by atoms with E-state index in [0.717, 1.165) is 17.1 Å². The van der Waals surface area contributed by atoms with Gasteiger partial charge in [-0.05, 0) is 130 Å². The highest BCUT2D eigenvalue weighted by molar-refractivity contribution is 6.33. The largest absolute Gasteiger partial charge is 0.311 e. The zero-order valence-electron chi connectivity index (χ0n) is 33.8. The van der Waals surface area contributed by atoms with E-state index < -0.39 is 0 Å². The molecule has 1 nitrogen and oxygen atoms in total. The van der Waals surface area contributed by atoms with Crippen molar-refractivity contribution >= 4 is 49.4 Å². The molecule has 0 atom stereocenters.